The van der Waals surface area contributed by atoms with Gasteiger partial charge in [0.2, 0.25) is 0 Å². The van der Waals surface area contributed by atoms with Crippen molar-refractivity contribution in [3.05, 3.63) is 28.9 Å². The minimum absolute atomic E-state index is 0.533. The highest BCUT2D eigenvalue weighted by Gasteiger charge is 2.39. The molecule has 2 unspecified atom stereocenters. The van der Waals surface area contributed by atoms with Crippen molar-refractivity contribution in [1.82, 2.24) is 9.78 Å². The molecule has 1 aliphatic carbocycles. The van der Waals surface area contributed by atoms with E-state index in [2.05, 4.69) is 5.10 Å². The largest absolute Gasteiger partial charge is 0.330 e. The minimum atomic E-state index is 0.533. The molecular weight excluding hydrogens is 222 g/mol. The number of hydrogen-bond acceptors (Lipinski definition) is 2. The van der Waals surface area contributed by atoms with E-state index in [0.29, 0.717) is 11.8 Å². The second-order valence-electron chi connectivity index (χ2n) is 4.53. The highest BCUT2D eigenvalue weighted by atomic mass is 35.5. The molecule has 84 valence electrons. The quantitative estimate of drug-likeness (QED) is 0.868. The molecular formula is C12H14ClN3. The van der Waals surface area contributed by atoms with Crippen molar-refractivity contribution in [2.45, 2.75) is 12.3 Å². The number of fused-ring (bicyclic) bond motifs is 1. The number of aryl methyl sites for hydroxylation is 1. The molecule has 2 atom stereocenters. The Morgan fingerprint density at radius 3 is 3.06 bits per heavy atom. The highest BCUT2D eigenvalue weighted by Crippen LogP contribution is 2.51. The van der Waals surface area contributed by atoms with Gasteiger partial charge in [-0.05, 0) is 42.5 Å². The Kier molecular flexibility index (Phi) is 2.19. The molecule has 3 rings (SSSR count). The first kappa shape index (κ1) is 10.1. The van der Waals surface area contributed by atoms with Crippen LogP contribution < -0.4 is 5.73 Å². The van der Waals surface area contributed by atoms with Crippen molar-refractivity contribution in [1.29, 1.82) is 0 Å². The van der Waals surface area contributed by atoms with Gasteiger partial charge in [-0.2, -0.15) is 5.10 Å². The molecule has 1 heterocycles. The van der Waals surface area contributed by atoms with E-state index in [0.717, 1.165) is 23.5 Å². The number of nitrogens with two attached hydrogens (primary N) is 1. The van der Waals surface area contributed by atoms with Gasteiger partial charge in [0.15, 0.2) is 0 Å². The molecule has 16 heavy (non-hydrogen) atoms. The lowest BCUT2D eigenvalue weighted by Gasteiger charge is -2.04. The van der Waals surface area contributed by atoms with Crippen LogP contribution in [-0.2, 0) is 7.05 Å². The second kappa shape index (κ2) is 3.47. The Labute approximate surface area is 99.2 Å². The van der Waals surface area contributed by atoms with Crippen LogP contribution in [0.15, 0.2) is 18.3 Å². The lowest BCUT2D eigenvalue weighted by atomic mass is 10.0. The van der Waals surface area contributed by atoms with E-state index in [4.69, 9.17) is 17.3 Å². The topological polar surface area (TPSA) is 43.8 Å². The summed E-state index contributed by atoms with van der Waals surface area (Å²) in [7, 11) is 1.94. The molecule has 0 bridgehead atoms. The molecule has 1 aromatic heterocycles. The van der Waals surface area contributed by atoms with Gasteiger partial charge in [-0.3, -0.25) is 4.68 Å². The summed E-state index contributed by atoms with van der Waals surface area (Å²) >= 11 is 6.29. The Bertz CT molecular complexity index is 546. The molecule has 0 amide bonds. The predicted octanol–water partition coefficient (Wildman–Crippen LogP) is 2.29. The summed E-state index contributed by atoms with van der Waals surface area (Å²) in [6, 6.07) is 3.92. The number of rotatable bonds is 2. The van der Waals surface area contributed by atoms with E-state index < -0.39 is 0 Å². The van der Waals surface area contributed by atoms with Crippen LogP contribution >= 0.6 is 11.6 Å². The van der Waals surface area contributed by atoms with Gasteiger partial charge in [-0.15, -0.1) is 0 Å². The molecule has 1 aliphatic rings. The van der Waals surface area contributed by atoms with E-state index in [-0.39, 0.29) is 0 Å². The molecule has 1 aromatic carbocycles. The fourth-order valence-corrected chi connectivity index (χ4v) is 2.75. The Morgan fingerprint density at radius 2 is 2.38 bits per heavy atom. The average molecular weight is 236 g/mol. The molecule has 3 nitrogen and oxygen atoms in total. The van der Waals surface area contributed by atoms with Crippen molar-refractivity contribution in [3.63, 3.8) is 0 Å². The Balaban J connectivity index is 2.17. The zero-order valence-electron chi connectivity index (χ0n) is 9.15. The van der Waals surface area contributed by atoms with Gasteiger partial charge in [-0.25, -0.2) is 0 Å². The third-order valence-electron chi connectivity index (χ3n) is 3.39. The van der Waals surface area contributed by atoms with Crippen molar-refractivity contribution in [2.75, 3.05) is 6.54 Å². The first-order chi connectivity index (χ1) is 7.70. The molecule has 4 heteroatoms. The van der Waals surface area contributed by atoms with Gasteiger partial charge < -0.3 is 5.73 Å². The van der Waals surface area contributed by atoms with E-state index in [1.54, 1.807) is 0 Å². The first-order valence-electron chi connectivity index (χ1n) is 5.52. The molecule has 1 saturated carbocycles. The van der Waals surface area contributed by atoms with Gasteiger partial charge in [0.1, 0.15) is 0 Å². The van der Waals surface area contributed by atoms with Crippen LogP contribution in [-0.4, -0.2) is 16.3 Å². The maximum atomic E-state index is 6.29. The van der Waals surface area contributed by atoms with Gasteiger partial charge in [0.05, 0.1) is 5.52 Å². The Hall–Kier alpha value is -1.06. The van der Waals surface area contributed by atoms with E-state index in [9.17, 15) is 0 Å². The standard InChI is InChI=1S/C12H14ClN3/c1-16-6-9-11(15-16)3-2-10(13)12(9)8-4-7(8)5-14/h2-3,6-8H,4-5,14H2,1H3. The summed E-state index contributed by atoms with van der Waals surface area (Å²) in [5.74, 6) is 1.13. The highest BCUT2D eigenvalue weighted by molar-refractivity contribution is 6.32. The zero-order chi connectivity index (χ0) is 11.3. The van der Waals surface area contributed by atoms with Crippen LogP contribution in [0.25, 0.3) is 10.9 Å². The van der Waals surface area contributed by atoms with Crippen LogP contribution in [0.5, 0.6) is 0 Å². The molecule has 0 spiro atoms. The van der Waals surface area contributed by atoms with Crippen molar-refractivity contribution < 1.29 is 0 Å². The molecule has 2 N–H and O–H groups in total. The Morgan fingerprint density at radius 1 is 1.56 bits per heavy atom. The van der Waals surface area contributed by atoms with Gasteiger partial charge in [0, 0.05) is 23.7 Å². The average Bonchev–Trinajstić information content (AvgIpc) is 2.92. The second-order valence-corrected chi connectivity index (χ2v) is 4.94. The van der Waals surface area contributed by atoms with Crippen LogP contribution in [0, 0.1) is 5.92 Å². The fourth-order valence-electron chi connectivity index (χ4n) is 2.45. The minimum Gasteiger partial charge on any atom is -0.330 e. The van der Waals surface area contributed by atoms with Gasteiger partial charge in [0.25, 0.3) is 0 Å². The number of nitrogens with zero attached hydrogens (tertiary/aromatic N) is 2. The molecule has 1 fully saturated rings. The zero-order valence-corrected chi connectivity index (χ0v) is 9.91. The third kappa shape index (κ3) is 1.43. The fraction of sp³-hybridized carbons (Fsp3) is 0.417. The van der Waals surface area contributed by atoms with Crippen LogP contribution in [0.1, 0.15) is 17.9 Å². The predicted molar refractivity (Wildman–Crippen MR) is 65.6 cm³/mol. The number of halogens is 1. The number of benzene rings is 1. The number of hydrogen-bond donors (Lipinski definition) is 1. The molecule has 0 radical (unpaired) electrons. The molecule has 2 aromatic rings. The van der Waals surface area contributed by atoms with Crippen molar-refractivity contribution in [2.24, 2.45) is 18.7 Å². The third-order valence-corrected chi connectivity index (χ3v) is 3.72. The van der Waals surface area contributed by atoms with E-state index in [1.807, 2.05) is 30.1 Å². The van der Waals surface area contributed by atoms with Crippen molar-refractivity contribution in [3.8, 4) is 0 Å². The van der Waals surface area contributed by atoms with E-state index in [1.165, 1.54) is 10.9 Å². The normalized spacial score (nSPS) is 23.9. The summed E-state index contributed by atoms with van der Waals surface area (Å²) in [5, 5.41) is 6.43. The van der Waals surface area contributed by atoms with E-state index >= 15 is 0 Å². The summed E-state index contributed by atoms with van der Waals surface area (Å²) < 4.78 is 1.84. The van der Waals surface area contributed by atoms with Gasteiger partial charge in [-0.1, -0.05) is 11.6 Å². The SMILES string of the molecule is Cn1cc2c(C3CC3CN)c(Cl)ccc2n1. The van der Waals surface area contributed by atoms with Crippen LogP contribution in [0.4, 0.5) is 0 Å². The van der Waals surface area contributed by atoms with Gasteiger partial charge >= 0.3 is 0 Å². The summed E-state index contributed by atoms with van der Waals surface area (Å²) in [6.07, 6.45) is 3.20. The maximum Gasteiger partial charge on any atom is 0.0927 e. The lowest BCUT2D eigenvalue weighted by molar-refractivity contribution is 0.779. The molecule has 0 saturated heterocycles. The first-order valence-corrected chi connectivity index (χ1v) is 5.90. The van der Waals surface area contributed by atoms with Crippen LogP contribution in [0.3, 0.4) is 0 Å². The summed E-state index contributed by atoms with van der Waals surface area (Å²) in [6.45, 7) is 0.748. The summed E-state index contributed by atoms with van der Waals surface area (Å²) in [4.78, 5) is 0. The number of aromatic nitrogens is 2. The van der Waals surface area contributed by atoms with Crippen LogP contribution in [0.2, 0.25) is 5.02 Å². The monoisotopic (exact) mass is 235 g/mol. The molecule has 0 aliphatic heterocycles. The maximum absolute atomic E-state index is 6.29. The van der Waals surface area contributed by atoms with Crippen molar-refractivity contribution >= 4 is 22.5 Å². The summed E-state index contributed by atoms with van der Waals surface area (Å²) in [5.41, 5.74) is 7.95. The smallest absolute Gasteiger partial charge is 0.0927 e. The lowest BCUT2D eigenvalue weighted by Crippen LogP contribution is -2.02.